The van der Waals surface area contributed by atoms with Crippen LogP contribution in [-0.4, -0.2) is 23.4 Å². The van der Waals surface area contributed by atoms with Crippen LogP contribution in [0.15, 0.2) is 0 Å². The molecule has 1 amide bonds. The summed E-state index contributed by atoms with van der Waals surface area (Å²) >= 11 is 0. The number of hydrogen-bond acceptors (Lipinski definition) is 2. The van der Waals surface area contributed by atoms with E-state index in [0.29, 0.717) is 6.04 Å². The molecule has 92 valence electrons. The van der Waals surface area contributed by atoms with Crippen LogP contribution in [0.3, 0.4) is 0 Å². The third-order valence-corrected chi connectivity index (χ3v) is 4.48. The van der Waals surface area contributed by atoms with Crippen LogP contribution in [0.5, 0.6) is 0 Å². The maximum atomic E-state index is 12.6. The Labute approximate surface area is 103 Å². The minimum Gasteiger partial charge on any atom is -0.338 e. The summed E-state index contributed by atoms with van der Waals surface area (Å²) in [6.07, 6.45) is 8.51. The van der Waals surface area contributed by atoms with Crippen LogP contribution in [0.2, 0.25) is 0 Å². The highest BCUT2D eigenvalue weighted by molar-refractivity contribution is 5.86. The molecule has 0 bridgehead atoms. The van der Waals surface area contributed by atoms with E-state index in [9.17, 15) is 10.1 Å². The van der Waals surface area contributed by atoms with Gasteiger partial charge in [-0.3, -0.25) is 4.79 Å². The molecule has 0 radical (unpaired) electrons. The topological polar surface area (TPSA) is 44.1 Å². The highest BCUT2D eigenvalue weighted by Gasteiger charge is 2.48. The van der Waals surface area contributed by atoms with E-state index in [1.54, 1.807) is 0 Å². The zero-order chi connectivity index (χ0) is 11.9. The molecule has 3 aliphatic carbocycles. The molecule has 0 aromatic heterocycles. The second kappa shape index (κ2) is 4.01. The van der Waals surface area contributed by atoms with E-state index in [4.69, 9.17) is 0 Å². The Bertz CT molecular complexity index is 357. The highest BCUT2D eigenvalue weighted by Crippen LogP contribution is 2.43. The zero-order valence-corrected chi connectivity index (χ0v) is 10.3. The lowest BCUT2D eigenvalue weighted by Gasteiger charge is -2.30. The Morgan fingerprint density at radius 1 is 1.24 bits per heavy atom. The summed E-state index contributed by atoms with van der Waals surface area (Å²) in [5, 5.41) is 9.39. The minimum atomic E-state index is -0.655. The summed E-state index contributed by atoms with van der Waals surface area (Å²) in [7, 11) is 0. The van der Waals surface area contributed by atoms with Crippen molar-refractivity contribution in [1.82, 2.24) is 4.90 Å². The number of nitriles is 1. The average Bonchev–Trinajstić information content (AvgIpc) is 3.25. The highest BCUT2D eigenvalue weighted by atomic mass is 16.2. The van der Waals surface area contributed by atoms with Gasteiger partial charge in [-0.1, -0.05) is 12.8 Å². The van der Waals surface area contributed by atoms with Gasteiger partial charge in [0.2, 0.25) is 5.91 Å². The van der Waals surface area contributed by atoms with E-state index < -0.39 is 5.41 Å². The predicted octanol–water partition coefficient (Wildman–Crippen LogP) is 2.47. The molecule has 0 unspecified atom stereocenters. The molecule has 0 aromatic carbocycles. The second-order valence-corrected chi connectivity index (χ2v) is 6.03. The number of carbonyl (C=O) groups excluding carboxylic acids is 1. The lowest BCUT2D eigenvalue weighted by Crippen LogP contribution is -2.44. The van der Waals surface area contributed by atoms with Gasteiger partial charge in [0.25, 0.3) is 0 Å². The van der Waals surface area contributed by atoms with Crippen molar-refractivity contribution in [2.24, 2.45) is 11.3 Å². The third kappa shape index (κ3) is 2.06. The SMILES string of the molecule is N#CC1(C(=O)N(CC2CC2)C2CC2)CCCC1. The Morgan fingerprint density at radius 3 is 2.35 bits per heavy atom. The van der Waals surface area contributed by atoms with Gasteiger partial charge < -0.3 is 4.90 Å². The van der Waals surface area contributed by atoms with Crippen molar-refractivity contribution in [1.29, 1.82) is 5.26 Å². The van der Waals surface area contributed by atoms with Crippen molar-refractivity contribution in [3.8, 4) is 6.07 Å². The molecule has 0 N–H and O–H groups in total. The van der Waals surface area contributed by atoms with E-state index in [1.165, 1.54) is 12.8 Å². The van der Waals surface area contributed by atoms with E-state index in [2.05, 4.69) is 11.0 Å². The lowest BCUT2D eigenvalue weighted by molar-refractivity contribution is -0.139. The van der Waals surface area contributed by atoms with Gasteiger partial charge in [0.15, 0.2) is 0 Å². The van der Waals surface area contributed by atoms with Gasteiger partial charge in [-0.05, 0) is 44.4 Å². The van der Waals surface area contributed by atoms with Crippen molar-refractivity contribution in [2.75, 3.05) is 6.54 Å². The monoisotopic (exact) mass is 232 g/mol. The first-order chi connectivity index (χ1) is 8.25. The number of hydrogen-bond donors (Lipinski definition) is 0. The first-order valence-corrected chi connectivity index (χ1v) is 6.97. The van der Waals surface area contributed by atoms with Crippen LogP contribution in [-0.2, 0) is 4.79 Å². The summed E-state index contributed by atoms with van der Waals surface area (Å²) < 4.78 is 0. The summed E-state index contributed by atoms with van der Waals surface area (Å²) in [5.74, 6) is 0.892. The van der Waals surface area contributed by atoms with E-state index in [0.717, 1.165) is 51.0 Å². The van der Waals surface area contributed by atoms with Crippen LogP contribution in [0.1, 0.15) is 51.4 Å². The van der Waals surface area contributed by atoms with Crippen LogP contribution in [0.25, 0.3) is 0 Å². The Hall–Kier alpha value is -1.04. The van der Waals surface area contributed by atoms with Gasteiger partial charge in [0.1, 0.15) is 5.41 Å². The molecule has 3 heteroatoms. The fourth-order valence-corrected chi connectivity index (χ4v) is 2.99. The molecular formula is C14H20N2O. The molecule has 17 heavy (non-hydrogen) atoms. The maximum absolute atomic E-state index is 12.6. The van der Waals surface area contributed by atoms with E-state index in [1.807, 2.05) is 0 Å². The fourth-order valence-electron chi connectivity index (χ4n) is 2.99. The summed E-state index contributed by atoms with van der Waals surface area (Å²) in [6.45, 7) is 0.924. The van der Waals surface area contributed by atoms with Crippen LogP contribution >= 0.6 is 0 Å². The molecule has 3 saturated carbocycles. The normalized spacial score (nSPS) is 26.5. The predicted molar refractivity (Wildman–Crippen MR) is 64.0 cm³/mol. The summed E-state index contributed by atoms with van der Waals surface area (Å²) in [5.41, 5.74) is -0.655. The van der Waals surface area contributed by atoms with Crippen LogP contribution < -0.4 is 0 Å². The molecular weight excluding hydrogens is 212 g/mol. The first kappa shape index (κ1) is 11.1. The molecule has 0 spiro atoms. The Morgan fingerprint density at radius 2 is 1.88 bits per heavy atom. The quantitative estimate of drug-likeness (QED) is 0.747. The Kier molecular flexibility index (Phi) is 2.61. The molecule has 0 saturated heterocycles. The smallest absolute Gasteiger partial charge is 0.243 e. The van der Waals surface area contributed by atoms with Gasteiger partial charge >= 0.3 is 0 Å². The molecule has 0 aliphatic heterocycles. The third-order valence-electron chi connectivity index (χ3n) is 4.48. The molecule has 3 nitrogen and oxygen atoms in total. The number of rotatable bonds is 4. The van der Waals surface area contributed by atoms with Crippen molar-refractivity contribution in [3.63, 3.8) is 0 Å². The van der Waals surface area contributed by atoms with Crippen LogP contribution in [0.4, 0.5) is 0 Å². The van der Waals surface area contributed by atoms with Gasteiger partial charge in [0.05, 0.1) is 6.07 Å². The largest absolute Gasteiger partial charge is 0.338 e. The number of amides is 1. The standard InChI is InChI=1S/C14H20N2O/c15-10-14(7-1-2-8-14)13(17)16(12-5-6-12)9-11-3-4-11/h11-12H,1-9H2. The molecule has 0 aromatic rings. The van der Waals surface area contributed by atoms with Crippen molar-refractivity contribution in [3.05, 3.63) is 0 Å². The average molecular weight is 232 g/mol. The summed E-state index contributed by atoms with van der Waals surface area (Å²) in [4.78, 5) is 14.7. The maximum Gasteiger partial charge on any atom is 0.243 e. The fraction of sp³-hybridized carbons (Fsp3) is 0.857. The lowest BCUT2D eigenvalue weighted by atomic mass is 9.86. The molecule has 3 rings (SSSR count). The molecule has 3 aliphatic rings. The molecule has 3 fully saturated rings. The molecule has 0 heterocycles. The number of nitrogens with zero attached hydrogens (tertiary/aromatic N) is 2. The summed E-state index contributed by atoms with van der Waals surface area (Å²) in [6, 6.07) is 2.81. The number of carbonyl (C=O) groups is 1. The van der Waals surface area contributed by atoms with Crippen molar-refractivity contribution in [2.45, 2.75) is 57.4 Å². The second-order valence-electron chi connectivity index (χ2n) is 6.03. The minimum absolute atomic E-state index is 0.159. The first-order valence-electron chi connectivity index (χ1n) is 6.97. The van der Waals surface area contributed by atoms with Gasteiger partial charge in [-0.25, -0.2) is 0 Å². The van der Waals surface area contributed by atoms with Crippen molar-refractivity contribution < 1.29 is 4.79 Å². The van der Waals surface area contributed by atoms with Crippen LogP contribution in [0, 0.1) is 22.7 Å². The van der Waals surface area contributed by atoms with Gasteiger partial charge in [-0.2, -0.15) is 5.26 Å². The molecule has 0 atom stereocenters. The Balaban J connectivity index is 1.75. The van der Waals surface area contributed by atoms with Gasteiger partial charge in [-0.15, -0.1) is 0 Å². The van der Waals surface area contributed by atoms with E-state index in [-0.39, 0.29) is 5.91 Å². The van der Waals surface area contributed by atoms with E-state index >= 15 is 0 Å². The van der Waals surface area contributed by atoms with Crippen molar-refractivity contribution >= 4 is 5.91 Å². The van der Waals surface area contributed by atoms with Gasteiger partial charge in [0, 0.05) is 12.6 Å². The zero-order valence-electron chi connectivity index (χ0n) is 10.3.